The molecule has 0 spiro atoms. The fourth-order valence-electron chi connectivity index (χ4n) is 3.39. The molecule has 2 unspecified atom stereocenters. The molecule has 3 heterocycles. The van der Waals surface area contributed by atoms with Crippen molar-refractivity contribution in [2.24, 2.45) is 17.6 Å². The largest absolute Gasteiger partial charge is 0.325 e. The van der Waals surface area contributed by atoms with Gasteiger partial charge >= 0.3 is 0 Å². The van der Waals surface area contributed by atoms with Gasteiger partial charge < -0.3 is 10.6 Å². The Morgan fingerprint density at radius 2 is 1.82 bits per heavy atom. The van der Waals surface area contributed by atoms with Crippen molar-refractivity contribution in [3.63, 3.8) is 0 Å². The summed E-state index contributed by atoms with van der Waals surface area (Å²) in [5.41, 5.74) is 6.54. The second-order valence-electron chi connectivity index (χ2n) is 4.80. The standard InChI is InChI=1S/C9H16N2/c10-9-1-2-11-5-7(3-9)8(4-9)6-11/h7-8H,1-6,10H2. The normalized spacial score (nSPS) is 60.3. The highest BCUT2D eigenvalue weighted by atomic mass is 15.2. The van der Waals surface area contributed by atoms with Crippen molar-refractivity contribution >= 4 is 0 Å². The van der Waals surface area contributed by atoms with E-state index in [1.807, 2.05) is 0 Å². The number of nitrogens with two attached hydrogens (primary N) is 1. The van der Waals surface area contributed by atoms with E-state index in [9.17, 15) is 0 Å². The molecule has 2 heteroatoms. The van der Waals surface area contributed by atoms with Crippen LogP contribution in [0.2, 0.25) is 0 Å². The molecule has 3 saturated heterocycles. The predicted molar refractivity (Wildman–Crippen MR) is 44.2 cm³/mol. The van der Waals surface area contributed by atoms with Gasteiger partial charge in [-0.05, 0) is 37.6 Å². The zero-order chi connectivity index (χ0) is 7.47. The molecule has 0 amide bonds. The third-order valence-corrected chi connectivity index (χ3v) is 3.92. The van der Waals surface area contributed by atoms with Gasteiger partial charge in [-0.25, -0.2) is 0 Å². The first kappa shape index (κ1) is 6.44. The Kier molecular flexibility index (Phi) is 1.06. The fraction of sp³-hybridized carbons (Fsp3) is 1.00. The van der Waals surface area contributed by atoms with Crippen molar-refractivity contribution in [3.05, 3.63) is 0 Å². The average Bonchev–Trinajstić information content (AvgIpc) is 2.24. The first-order chi connectivity index (χ1) is 5.25. The quantitative estimate of drug-likeness (QED) is 0.545. The van der Waals surface area contributed by atoms with Crippen molar-refractivity contribution in [2.45, 2.75) is 24.8 Å². The Labute approximate surface area is 67.7 Å². The van der Waals surface area contributed by atoms with Gasteiger partial charge in [0, 0.05) is 18.6 Å². The van der Waals surface area contributed by atoms with Crippen LogP contribution in [0.25, 0.3) is 0 Å². The predicted octanol–water partition coefficient (Wildman–Crippen LogP) is 0.429. The van der Waals surface area contributed by atoms with E-state index < -0.39 is 0 Å². The topological polar surface area (TPSA) is 29.3 Å². The summed E-state index contributed by atoms with van der Waals surface area (Å²) in [6.45, 7) is 3.97. The maximum atomic E-state index is 6.29. The van der Waals surface area contributed by atoms with E-state index in [0.717, 1.165) is 11.8 Å². The summed E-state index contributed by atoms with van der Waals surface area (Å²) in [6, 6.07) is 0. The van der Waals surface area contributed by atoms with Crippen LogP contribution in [0, 0.1) is 11.8 Å². The Balaban J connectivity index is 1.99. The highest BCUT2D eigenvalue weighted by molar-refractivity contribution is 5.06. The molecule has 2 atom stereocenters. The first-order valence-electron chi connectivity index (χ1n) is 4.76. The number of rotatable bonds is 0. The lowest BCUT2D eigenvalue weighted by Crippen LogP contribution is -2.37. The van der Waals surface area contributed by atoms with Crippen molar-refractivity contribution in [1.29, 1.82) is 0 Å². The van der Waals surface area contributed by atoms with Gasteiger partial charge in [-0.15, -0.1) is 0 Å². The molecular formula is C9H16N2. The molecule has 2 nitrogen and oxygen atoms in total. The fourth-order valence-corrected chi connectivity index (χ4v) is 3.39. The molecule has 4 fully saturated rings. The summed E-state index contributed by atoms with van der Waals surface area (Å²) in [5.74, 6) is 1.92. The third kappa shape index (κ3) is 0.798. The van der Waals surface area contributed by atoms with E-state index in [0.29, 0.717) is 0 Å². The van der Waals surface area contributed by atoms with Gasteiger partial charge in [-0.2, -0.15) is 0 Å². The van der Waals surface area contributed by atoms with Gasteiger partial charge in [0.2, 0.25) is 0 Å². The van der Waals surface area contributed by atoms with Gasteiger partial charge in [-0.3, -0.25) is 0 Å². The number of hydrogen-bond acceptors (Lipinski definition) is 2. The van der Waals surface area contributed by atoms with Gasteiger partial charge in [0.05, 0.1) is 0 Å². The number of fused-ring (bicyclic) bond motifs is 1. The molecule has 2 N–H and O–H groups in total. The maximum absolute atomic E-state index is 6.29. The molecule has 0 aromatic heterocycles. The summed E-state index contributed by atoms with van der Waals surface area (Å²) >= 11 is 0. The Bertz CT molecular complexity index is 176. The van der Waals surface area contributed by atoms with Crippen molar-refractivity contribution in [3.8, 4) is 0 Å². The Morgan fingerprint density at radius 1 is 1.18 bits per heavy atom. The van der Waals surface area contributed by atoms with E-state index >= 15 is 0 Å². The summed E-state index contributed by atoms with van der Waals surface area (Å²) in [5, 5.41) is 0. The van der Waals surface area contributed by atoms with Gasteiger partial charge in [-0.1, -0.05) is 0 Å². The van der Waals surface area contributed by atoms with E-state index in [2.05, 4.69) is 4.90 Å². The Hall–Kier alpha value is -0.0800. The molecule has 4 bridgehead atoms. The zero-order valence-electron chi connectivity index (χ0n) is 6.92. The summed E-state index contributed by atoms with van der Waals surface area (Å²) < 4.78 is 0. The lowest BCUT2D eigenvalue weighted by molar-refractivity contribution is 0.332. The highest BCUT2D eigenvalue weighted by Crippen LogP contribution is 2.46. The van der Waals surface area contributed by atoms with E-state index in [-0.39, 0.29) is 5.54 Å². The second-order valence-corrected chi connectivity index (χ2v) is 4.80. The summed E-state index contributed by atoms with van der Waals surface area (Å²) in [4.78, 5) is 2.61. The van der Waals surface area contributed by atoms with Crippen LogP contribution in [0.5, 0.6) is 0 Å². The molecule has 0 radical (unpaired) electrons. The molecule has 4 aliphatic rings. The van der Waals surface area contributed by atoms with Crippen LogP contribution in [0.15, 0.2) is 0 Å². The van der Waals surface area contributed by atoms with Crippen LogP contribution < -0.4 is 5.73 Å². The van der Waals surface area contributed by atoms with Crippen molar-refractivity contribution in [1.82, 2.24) is 4.90 Å². The summed E-state index contributed by atoms with van der Waals surface area (Å²) in [7, 11) is 0. The molecule has 0 aromatic rings. The molecule has 62 valence electrons. The lowest BCUT2D eigenvalue weighted by atomic mass is 9.94. The molecular weight excluding hydrogens is 136 g/mol. The van der Waals surface area contributed by atoms with Crippen LogP contribution >= 0.6 is 0 Å². The monoisotopic (exact) mass is 152 g/mol. The van der Waals surface area contributed by atoms with Crippen LogP contribution in [-0.2, 0) is 0 Å². The lowest BCUT2D eigenvalue weighted by Gasteiger charge is -2.21. The van der Waals surface area contributed by atoms with E-state index in [1.54, 1.807) is 0 Å². The number of hydrogen-bond donors (Lipinski definition) is 1. The molecule has 3 aliphatic heterocycles. The van der Waals surface area contributed by atoms with Gasteiger partial charge in [0.15, 0.2) is 0 Å². The van der Waals surface area contributed by atoms with Gasteiger partial charge in [0.1, 0.15) is 0 Å². The molecule has 4 rings (SSSR count). The third-order valence-electron chi connectivity index (χ3n) is 3.92. The molecule has 1 aliphatic carbocycles. The van der Waals surface area contributed by atoms with Crippen molar-refractivity contribution in [2.75, 3.05) is 19.6 Å². The second kappa shape index (κ2) is 1.80. The van der Waals surface area contributed by atoms with E-state index in [1.165, 1.54) is 38.9 Å². The SMILES string of the molecule is NC12CCN3CC(C1)C(C3)C2. The van der Waals surface area contributed by atoms with E-state index in [4.69, 9.17) is 5.73 Å². The minimum absolute atomic E-state index is 0.251. The zero-order valence-corrected chi connectivity index (χ0v) is 6.92. The minimum Gasteiger partial charge on any atom is -0.325 e. The van der Waals surface area contributed by atoms with Gasteiger partial charge in [0.25, 0.3) is 0 Å². The number of nitrogens with zero attached hydrogens (tertiary/aromatic N) is 1. The summed E-state index contributed by atoms with van der Waals surface area (Å²) in [6.07, 6.45) is 3.88. The molecule has 1 saturated carbocycles. The first-order valence-corrected chi connectivity index (χ1v) is 4.76. The smallest absolute Gasteiger partial charge is 0.0173 e. The molecule has 0 aromatic carbocycles. The van der Waals surface area contributed by atoms with Crippen LogP contribution in [-0.4, -0.2) is 30.1 Å². The van der Waals surface area contributed by atoms with Crippen LogP contribution in [0.3, 0.4) is 0 Å². The maximum Gasteiger partial charge on any atom is 0.0173 e. The molecule has 11 heavy (non-hydrogen) atoms. The minimum atomic E-state index is 0.251. The van der Waals surface area contributed by atoms with Crippen molar-refractivity contribution < 1.29 is 0 Å². The highest BCUT2D eigenvalue weighted by Gasteiger charge is 2.49. The Morgan fingerprint density at radius 3 is 2.45 bits per heavy atom. The van der Waals surface area contributed by atoms with Crippen LogP contribution in [0.4, 0.5) is 0 Å². The van der Waals surface area contributed by atoms with Crippen LogP contribution in [0.1, 0.15) is 19.3 Å². The average molecular weight is 152 g/mol.